The van der Waals surface area contributed by atoms with Crippen LogP contribution in [0.2, 0.25) is 0 Å². The maximum atomic E-state index is 12.9. The second-order valence-corrected chi connectivity index (χ2v) is 5.90. The van der Waals surface area contributed by atoms with Crippen molar-refractivity contribution in [2.24, 2.45) is 5.92 Å². The van der Waals surface area contributed by atoms with Gasteiger partial charge in [-0.25, -0.2) is 4.68 Å². The number of carbonyl (C=O) groups excluding carboxylic acids is 1. The second-order valence-electron chi connectivity index (χ2n) is 5.90. The number of ether oxygens (including phenoxy) is 2. The first kappa shape index (κ1) is 16.5. The molecular weight excluding hydrogens is 306 g/mol. The van der Waals surface area contributed by atoms with Crippen molar-refractivity contribution in [1.29, 1.82) is 0 Å². The molecule has 1 aromatic heterocycles. The highest BCUT2D eigenvalue weighted by atomic mass is 16.5. The molecular formula is C18H23N3O3. The van der Waals surface area contributed by atoms with Gasteiger partial charge < -0.3 is 14.4 Å². The maximum Gasteiger partial charge on any atom is 0.278 e. The summed E-state index contributed by atoms with van der Waals surface area (Å²) >= 11 is 0. The average Bonchev–Trinajstić information content (AvgIpc) is 3.29. The highest BCUT2D eigenvalue weighted by Crippen LogP contribution is 2.22. The van der Waals surface area contributed by atoms with Gasteiger partial charge in [0.15, 0.2) is 11.4 Å². The summed E-state index contributed by atoms with van der Waals surface area (Å²) in [6.07, 6.45) is 2.74. The quantitative estimate of drug-likeness (QED) is 0.816. The molecule has 24 heavy (non-hydrogen) atoms. The second kappa shape index (κ2) is 7.49. The molecule has 3 rings (SSSR count). The molecule has 6 heteroatoms. The Hall–Kier alpha value is -2.34. The van der Waals surface area contributed by atoms with Gasteiger partial charge >= 0.3 is 0 Å². The lowest BCUT2D eigenvalue weighted by atomic mass is 10.1. The topological polar surface area (TPSA) is 56.6 Å². The summed E-state index contributed by atoms with van der Waals surface area (Å²) in [6, 6.07) is 9.69. The number of carbonyl (C=O) groups is 1. The number of para-hydroxylation sites is 1. The third-order valence-electron chi connectivity index (χ3n) is 4.30. The average molecular weight is 329 g/mol. The van der Waals surface area contributed by atoms with E-state index in [4.69, 9.17) is 9.47 Å². The Balaban J connectivity index is 1.83. The number of hydrogen-bond acceptors (Lipinski definition) is 4. The van der Waals surface area contributed by atoms with Crippen molar-refractivity contribution in [1.82, 2.24) is 14.7 Å². The lowest BCUT2D eigenvalue weighted by Gasteiger charge is -2.23. The first-order valence-electron chi connectivity index (χ1n) is 8.29. The Bertz CT molecular complexity index is 678. The molecule has 1 amide bonds. The molecule has 0 aliphatic carbocycles. The van der Waals surface area contributed by atoms with Crippen molar-refractivity contribution < 1.29 is 14.3 Å². The number of nitrogens with zero attached hydrogens (tertiary/aromatic N) is 3. The standard InChI is InChI=1S/C18H23N3O3/c1-3-20(11-14-9-10-24-13-14)18(22)17-16(23-2)12-21(19-17)15-7-5-4-6-8-15/h4-8,12,14H,3,9-11,13H2,1-2H3/t14-/m0/s1. The molecule has 1 aromatic carbocycles. The van der Waals surface area contributed by atoms with Gasteiger partial charge in [0.2, 0.25) is 0 Å². The summed E-state index contributed by atoms with van der Waals surface area (Å²) in [5, 5.41) is 4.46. The highest BCUT2D eigenvalue weighted by molar-refractivity contribution is 5.95. The van der Waals surface area contributed by atoms with Crippen LogP contribution in [0.5, 0.6) is 5.75 Å². The minimum Gasteiger partial charge on any atom is -0.493 e. The fraction of sp³-hybridized carbons (Fsp3) is 0.444. The Morgan fingerprint density at radius 1 is 1.42 bits per heavy atom. The van der Waals surface area contributed by atoms with E-state index in [1.165, 1.54) is 0 Å². The molecule has 1 atom stereocenters. The van der Waals surface area contributed by atoms with E-state index in [-0.39, 0.29) is 5.91 Å². The smallest absolute Gasteiger partial charge is 0.278 e. The molecule has 0 N–H and O–H groups in total. The molecule has 2 aromatic rings. The molecule has 0 radical (unpaired) electrons. The van der Waals surface area contributed by atoms with E-state index in [0.29, 0.717) is 30.5 Å². The van der Waals surface area contributed by atoms with Gasteiger partial charge in [-0.05, 0) is 25.5 Å². The van der Waals surface area contributed by atoms with Crippen LogP contribution >= 0.6 is 0 Å². The van der Waals surface area contributed by atoms with Gasteiger partial charge in [0.05, 0.1) is 25.6 Å². The van der Waals surface area contributed by atoms with E-state index in [2.05, 4.69) is 5.10 Å². The van der Waals surface area contributed by atoms with Gasteiger partial charge in [0.25, 0.3) is 5.91 Å². The summed E-state index contributed by atoms with van der Waals surface area (Å²) in [7, 11) is 1.56. The van der Waals surface area contributed by atoms with Crippen molar-refractivity contribution in [2.45, 2.75) is 13.3 Å². The number of amides is 1. The van der Waals surface area contributed by atoms with Crippen LogP contribution in [0.15, 0.2) is 36.5 Å². The molecule has 0 bridgehead atoms. The predicted molar refractivity (Wildman–Crippen MR) is 90.6 cm³/mol. The van der Waals surface area contributed by atoms with Crippen LogP contribution < -0.4 is 4.74 Å². The molecule has 2 heterocycles. The molecule has 128 valence electrons. The maximum absolute atomic E-state index is 12.9. The highest BCUT2D eigenvalue weighted by Gasteiger charge is 2.26. The molecule has 1 saturated heterocycles. The number of aromatic nitrogens is 2. The molecule has 0 saturated carbocycles. The summed E-state index contributed by atoms with van der Waals surface area (Å²) in [5.74, 6) is 0.789. The molecule has 6 nitrogen and oxygen atoms in total. The summed E-state index contributed by atoms with van der Waals surface area (Å²) in [6.45, 7) is 4.81. The summed E-state index contributed by atoms with van der Waals surface area (Å²) in [4.78, 5) is 14.7. The third-order valence-corrected chi connectivity index (χ3v) is 4.30. The zero-order valence-corrected chi connectivity index (χ0v) is 14.1. The number of benzene rings is 1. The lowest BCUT2D eigenvalue weighted by molar-refractivity contribution is 0.0721. The minimum absolute atomic E-state index is 0.101. The SMILES string of the molecule is CCN(C[C@@H]1CCOC1)C(=O)c1nn(-c2ccccc2)cc1OC. The van der Waals surface area contributed by atoms with Gasteiger partial charge in [-0.3, -0.25) is 4.79 Å². The normalized spacial score (nSPS) is 17.0. The van der Waals surface area contributed by atoms with E-state index in [1.807, 2.05) is 42.2 Å². The van der Waals surface area contributed by atoms with E-state index in [0.717, 1.165) is 25.3 Å². The molecule has 1 fully saturated rings. The largest absolute Gasteiger partial charge is 0.493 e. The fourth-order valence-corrected chi connectivity index (χ4v) is 2.91. The number of rotatable bonds is 6. The van der Waals surface area contributed by atoms with Crippen molar-refractivity contribution in [3.63, 3.8) is 0 Å². The van der Waals surface area contributed by atoms with Crippen LogP contribution in [0.25, 0.3) is 5.69 Å². The van der Waals surface area contributed by atoms with Crippen LogP contribution in [-0.2, 0) is 4.74 Å². The third kappa shape index (κ3) is 3.43. The van der Waals surface area contributed by atoms with Gasteiger partial charge in [0, 0.05) is 25.6 Å². The summed E-state index contributed by atoms with van der Waals surface area (Å²) in [5.41, 5.74) is 1.24. The zero-order valence-electron chi connectivity index (χ0n) is 14.1. The first-order chi connectivity index (χ1) is 11.7. The molecule has 1 aliphatic rings. The van der Waals surface area contributed by atoms with Gasteiger partial charge in [0.1, 0.15) is 0 Å². The Labute approximate surface area is 142 Å². The van der Waals surface area contributed by atoms with Crippen LogP contribution in [0, 0.1) is 5.92 Å². The van der Waals surface area contributed by atoms with Crippen LogP contribution in [-0.4, -0.2) is 54.0 Å². The van der Waals surface area contributed by atoms with Gasteiger partial charge in [-0.15, -0.1) is 0 Å². The van der Waals surface area contributed by atoms with Gasteiger partial charge in [-0.2, -0.15) is 5.10 Å². The van der Waals surface area contributed by atoms with Crippen LogP contribution in [0.3, 0.4) is 0 Å². The lowest BCUT2D eigenvalue weighted by Crippen LogP contribution is -2.36. The Morgan fingerprint density at radius 2 is 2.21 bits per heavy atom. The van der Waals surface area contributed by atoms with Crippen LogP contribution in [0.1, 0.15) is 23.8 Å². The predicted octanol–water partition coefficient (Wildman–Crippen LogP) is 2.38. The first-order valence-corrected chi connectivity index (χ1v) is 8.29. The van der Waals surface area contributed by atoms with Crippen molar-refractivity contribution in [2.75, 3.05) is 33.4 Å². The molecule has 1 aliphatic heterocycles. The number of hydrogen-bond donors (Lipinski definition) is 0. The Morgan fingerprint density at radius 3 is 2.83 bits per heavy atom. The van der Waals surface area contributed by atoms with Crippen molar-refractivity contribution >= 4 is 5.91 Å². The minimum atomic E-state index is -0.101. The van der Waals surface area contributed by atoms with E-state index in [9.17, 15) is 4.79 Å². The van der Waals surface area contributed by atoms with E-state index >= 15 is 0 Å². The Kier molecular flexibility index (Phi) is 5.15. The zero-order chi connectivity index (χ0) is 16.9. The monoisotopic (exact) mass is 329 g/mol. The molecule has 0 spiro atoms. The van der Waals surface area contributed by atoms with Crippen molar-refractivity contribution in [3.05, 3.63) is 42.2 Å². The van der Waals surface area contributed by atoms with Crippen LogP contribution in [0.4, 0.5) is 0 Å². The number of methoxy groups -OCH3 is 1. The van der Waals surface area contributed by atoms with E-state index in [1.54, 1.807) is 18.0 Å². The fourth-order valence-electron chi connectivity index (χ4n) is 2.91. The van der Waals surface area contributed by atoms with Gasteiger partial charge in [-0.1, -0.05) is 18.2 Å². The van der Waals surface area contributed by atoms with Crippen molar-refractivity contribution in [3.8, 4) is 11.4 Å². The summed E-state index contributed by atoms with van der Waals surface area (Å²) < 4.78 is 12.5. The molecule has 0 unspecified atom stereocenters. The van der Waals surface area contributed by atoms with E-state index < -0.39 is 0 Å².